The molecule has 0 N–H and O–H groups in total. The van der Waals surface area contributed by atoms with Crippen molar-refractivity contribution in [3.05, 3.63) is 70.5 Å². The molecule has 9 heteroatoms. The van der Waals surface area contributed by atoms with Crippen molar-refractivity contribution < 1.29 is 42.7 Å². The van der Waals surface area contributed by atoms with Crippen LogP contribution in [-0.2, 0) is 0 Å². The number of benzene rings is 3. The van der Waals surface area contributed by atoms with Gasteiger partial charge in [-0.05, 0) is 48.9 Å². The van der Waals surface area contributed by atoms with E-state index in [-0.39, 0.29) is 28.6 Å². The first kappa shape index (κ1) is 25.4. The zero-order chi connectivity index (χ0) is 26.7. The SMILES string of the molecule is COc1ccc(/C=C2\Oc3cc(OC(=O)c4c(OC)cccc4OC)cc(C)c3C2=O)c(OC)c1OC. The van der Waals surface area contributed by atoms with Crippen LogP contribution in [-0.4, -0.2) is 47.3 Å². The second kappa shape index (κ2) is 10.5. The van der Waals surface area contributed by atoms with Crippen molar-refractivity contribution in [2.75, 3.05) is 35.5 Å². The summed E-state index contributed by atoms with van der Waals surface area (Å²) >= 11 is 0. The first-order chi connectivity index (χ1) is 17.9. The molecule has 3 aromatic rings. The maximum Gasteiger partial charge on any atom is 0.351 e. The van der Waals surface area contributed by atoms with E-state index in [2.05, 4.69) is 0 Å². The lowest BCUT2D eigenvalue weighted by atomic mass is 10.0. The van der Waals surface area contributed by atoms with Crippen LogP contribution in [0.15, 0.2) is 48.2 Å². The van der Waals surface area contributed by atoms with Crippen molar-refractivity contribution in [3.8, 4) is 40.2 Å². The lowest BCUT2D eigenvalue weighted by molar-refractivity contribution is 0.0727. The van der Waals surface area contributed by atoms with Crippen LogP contribution in [0, 0.1) is 6.92 Å². The number of hydrogen-bond acceptors (Lipinski definition) is 9. The van der Waals surface area contributed by atoms with Gasteiger partial charge in [-0.2, -0.15) is 0 Å². The van der Waals surface area contributed by atoms with Gasteiger partial charge in [0.2, 0.25) is 11.5 Å². The van der Waals surface area contributed by atoms with Gasteiger partial charge in [0, 0.05) is 11.6 Å². The molecule has 0 aromatic heterocycles. The minimum Gasteiger partial charge on any atom is -0.496 e. The Morgan fingerprint density at radius 3 is 2.05 bits per heavy atom. The number of carbonyl (C=O) groups excluding carboxylic acids is 2. The predicted molar refractivity (Wildman–Crippen MR) is 135 cm³/mol. The first-order valence-corrected chi connectivity index (χ1v) is 11.2. The molecule has 0 radical (unpaired) electrons. The summed E-state index contributed by atoms with van der Waals surface area (Å²) in [5, 5.41) is 0. The fraction of sp³-hybridized carbons (Fsp3) is 0.214. The van der Waals surface area contributed by atoms with Crippen LogP contribution in [0.4, 0.5) is 0 Å². The molecule has 0 atom stereocenters. The lowest BCUT2D eigenvalue weighted by Crippen LogP contribution is -2.12. The van der Waals surface area contributed by atoms with Crippen LogP contribution in [0.3, 0.4) is 0 Å². The molecule has 1 heterocycles. The number of allylic oxidation sites excluding steroid dienone is 1. The fourth-order valence-corrected chi connectivity index (χ4v) is 4.13. The van der Waals surface area contributed by atoms with Crippen LogP contribution < -0.4 is 33.2 Å². The molecule has 9 nitrogen and oxygen atoms in total. The Morgan fingerprint density at radius 2 is 1.46 bits per heavy atom. The van der Waals surface area contributed by atoms with Crippen molar-refractivity contribution >= 4 is 17.8 Å². The minimum atomic E-state index is -0.677. The summed E-state index contributed by atoms with van der Waals surface area (Å²) in [4.78, 5) is 26.2. The molecule has 1 aliphatic rings. The second-order valence-corrected chi connectivity index (χ2v) is 7.90. The molecule has 0 fully saturated rings. The van der Waals surface area contributed by atoms with Crippen LogP contribution in [0.2, 0.25) is 0 Å². The lowest BCUT2D eigenvalue weighted by Gasteiger charge is -2.14. The second-order valence-electron chi connectivity index (χ2n) is 7.90. The number of carbonyl (C=O) groups is 2. The molecule has 37 heavy (non-hydrogen) atoms. The largest absolute Gasteiger partial charge is 0.496 e. The summed E-state index contributed by atoms with van der Waals surface area (Å²) < 4.78 is 38.3. The third-order valence-corrected chi connectivity index (χ3v) is 5.81. The van der Waals surface area contributed by atoms with E-state index in [0.717, 1.165) is 0 Å². The molecule has 0 saturated carbocycles. The van der Waals surface area contributed by atoms with E-state index in [1.807, 2.05) is 0 Å². The van der Waals surface area contributed by atoms with E-state index in [4.69, 9.17) is 33.2 Å². The van der Waals surface area contributed by atoms with Crippen molar-refractivity contribution in [2.24, 2.45) is 0 Å². The summed E-state index contributed by atoms with van der Waals surface area (Å²) in [6, 6.07) is 11.5. The molecular weight excluding hydrogens is 480 g/mol. The number of rotatable bonds is 8. The van der Waals surface area contributed by atoms with Gasteiger partial charge in [-0.25, -0.2) is 4.79 Å². The monoisotopic (exact) mass is 506 g/mol. The van der Waals surface area contributed by atoms with Gasteiger partial charge in [-0.15, -0.1) is 0 Å². The number of methoxy groups -OCH3 is 5. The normalized spacial score (nSPS) is 13.0. The minimum absolute atomic E-state index is 0.0819. The Hall–Kier alpha value is -4.66. The Kier molecular flexibility index (Phi) is 7.24. The maximum atomic E-state index is 13.2. The van der Waals surface area contributed by atoms with Crippen LogP contribution in [0.25, 0.3) is 6.08 Å². The molecule has 192 valence electrons. The van der Waals surface area contributed by atoms with Gasteiger partial charge < -0.3 is 33.2 Å². The van der Waals surface area contributed by atoms with E-state index >= 15 is 0 Å². The fourth-order valence-electron chi connectivity index (χ4n) is 4.13. The van der Waals surface area contributed by atoms with Crippen molar-refractivity contribution in [2.45, 2.75) is 6.92 Å². The summed E-state index contributed by atoms with van der Waals surface area (Å²) in [7, 11) is 7.41. The van der Waals surface area contributed by atoms with E-state index in [1.165, 1.54) is 41.6 Å². The van der Waals surface area contributed by atoms with Gasteiger partial charge in [0.15, 0.2) is 17.3 Å². The molecule has 0 amide bonds. The van der Waals surface area contributed by atoms with Crippen molar-refractivity contribution in [1.29, 1.82) is 0 Å². The zero-order valence-corrected chi connectivity index (χ0v) is 21.3. The molecule has 0 unspecified atom stereocenters. The summed E-state index contributed by atoms with van der Waals surface area (Å²) in [6.07, 6.45) is 1.56. The zero-order valence-electron chi connectivity index (χ0n) is 21.3. The molecule has 3 aromatic carbocycles. The smallest absolute Gasteiger partial charge is 0.351 e. The van der Waals surface area contributed by atoms with Crippen LogP contribution >= 0.6 is 0 Å². The number of aryl methyl sites for hydroxylation is 1. The Bertz CT molecular complexity index is 1380. The van der Waals surface area contributed by atoms with E-state index in [1.54, 1.807) is 49.4 Å². The van der Waals surface area contributed by atoms with Gasteiger partial charge in [-0.1, -0.05) is 6.07 Å². The number of fused-ring (bicyclic) bond motifs is 1. The molecule has 1 aliphatic heterocycles. The molecular formula is C28H26O9. The van der Waals surface area contributed by atoms with Gasteiger partial charge >= 0.3 is 5.97 Å². The highest BCUT2D eigenvalue weighted by atomic mass is 16.5. The van der Waals surface area contributed by atoms with Crippen LogP contribution in [0.1, 0.15) is 31.8 Å². The van der Waals surface area contributed by atoms with Crippen molar-refractivity contribution in [1.82, 2.24) is 0 Å². The Balaban J connectivity index is 1.67. The van der Waals surface area contributed by atoms with Gasteiger partial charge in [-0.3, -0.25) is 4.79 Å². The average Bonchev–Trinajstić information content (AvgIpc) is 3.22. The number of ether oxygens (including phenoxy) is 7. The topological polar surface area (TPSA) is 98.8 Å². The molecule has 4 rings (SSSR count). The van der Waals surface area contributed by atoms with E-state index in [9.17, 15) is 9.59 Å². The van der Waals surface area contributed by atoms with Crippen molar-refractivity contribution in [3.63, 3.8) is 0 Å². The van der Waals surface area contributed by atoms with Crippen LogP contribution in [0.5, 0.6) is 40.2 Å². The third-order valence-electron chi connectivity index (χ3n) is 5.81. The third kappa shape index (κ3) is 4.63. The summed E-state index contributed by atoms with van der Waals surface area (Å²) in [6.45, 7) is 1.74. The molecule has 0 saturated heterocycles. The predicted octanol–water partition coefficient (Wildman–Crippen LogP) is 4.87. The summed E-state index contributed by atoms with van der Waals surface area (Å²) in [5.41, 5.74) is 1.66. The maximum absolute atomic E-state index is 13.2. The van der Waals surface area contributed by atoms with Gasteiger partial charge in [0.25, 0.3) is 0 Å². The van der Waals surface area contributed by atoms with E-state index in [0.29, 0.717) is 45.4 Å². The molecule has 0 bridgehead atoms. The first-order valence-electron chi connectivity index (χ1n) is 11.2. The Morgan fingerprint density at radius 1 is 0.811 bits per heavy atom. The highest BCUT2D eigenvalue weighted by Gasteiger charge is 2.31. The highest BCUT2D eigenvalue weighted by molar-refractivity contribution is 6.15. The number of ketones is 1. The average molecular weight is 507 g/mol. The standard InChI is InChI=1S/C28H26O9/c1-15-12-17(36-28(30)24-18(31-2)8-7-9-19(24)32-3)14-21-23(15)25(29)22(37-21)13-16-10-11-20(33-4)27(35-6)26(16)34-5/h7-14H,1-6H3/b22-13-. The van der Waals surface area contributed by atoms with E-state index < -0.39 is 5.97 Å². The summed E-state index contributed by atoms with van der Waals surface area (Å²) in [5.74, 6) is 1.44. The highest BCUT2D eigenvalue weighted by Crippen LogP contribution is 2.43. The van der Waals surface area contributed by atoms with Gasteiger partial charge in [0.1, 0.15) is 28.6 Å². The number of esters is 1. The molecule has 0 spiro atoms. The molecule has 0 aliphatic carbocycles. The Labute approximate surface area is 214 Å². The van der Waals surface area contributed by atoms with Gasteiger partial charge in [0.05, 0.1) is 41.1 Å². The quantitative estimate of drug-likeness (QED) is 0.241. The number of hydrogen-bond donors (Lipinski definition) is 0. The number of Topliss-reactive ketones (excluding diaryl/α,β-unsaturated/α-hetero) is 1.